The van der Waals surface area contributed by atoms with Gasteiger partial charge < -0.3 is 9.88 Å². The molecule has 2 aromatic heterocycles. The maximum Gasteiger partial charge on any atom is 0.406 e. The van der Waals surface area contributed by atoms with Crippen molar-refractivity contribution in [1.82, 2.24) is 4.57 Å². The topological polar surface area (TPSA) is 51.1 Å². The third-order valence-corrected chi connectivity index (χ3v) is 4.38. The standard InChI is InChI=1S/C12H6Cl2F4N2O2S/c13-6-2-8(23-9(6)14)10(21)19-5-1-7(15)11(22)20(3-5)4-12(16,17)18/h1-3H,4H2,(H,19,21). The van der Waals surface area contributed by atoms with Gasteiger partial charge in [0.2, 0.25) is 0 Å². The first-order chi connectivity index (χ1) is 10.6. The average Bonchev–Trinajstić information content (AvgIpc) is 2.74. The van der Waals surface area contributed by atoms with Gasteiger partial charge in [0.1, 0.15) is 10.9 Å². The van der Waals surface area contributed by atoms with Crippen LogP contribution in [-0.2, 0) is 6.54 Å². The molecule has 0 spiro atoms. The van der Waals surface area contributed by atoms with Gasteiger partial charge in [0.25, 0.3) is 11.5 Å². The Balaban J connectivity index is 2.29. The second-order valence-corrected chi connectivity index (χ2v) is 6.37. The molecule has 1 amide bonds. The van der Waals surface area contributed by atoms with Crippen molar-refractivity contribution in [3.63, 3.8) is 0 Å². The molecule has 4 nitrogen and oxygen atoms in total. The van der Waals surface area contributed by atoms with Gasteiger partial charge in [-0.1, -0.05) is 23.2 Å². The van der Waals surface area contributed by atoms with Crippen molar-refractivity contribution in [2.75, 3.05) is 5.32 Å². The fourth-order valence-electron chi connectivity index (χ4n) is 1.63. The normalized spacial score (nSPS) is 11.6. The highest BCUT2D eigenvalue weighted by Crippen LogP contribution is 2.32. The van der Waals surface area contributed by atoms with Crippen LogP contribution in [0.1, 0.15) is 9.67 Å². The molecule has 0 aliphatic rings. The SMILES string of the molecule is O=C(Nc1cc(F)c(=O)n(CC(F)(F)F)c1)c1cc(Cl)c(Cl)s1. The lowest BCUT2D eigenvalue weighted by Crippen LogP contribution is -2.30. The summed E-state index contributed by atoms with van der Waals surface area (Å²) in [6, 6.07) is 1.88. The van der Waals surface area contributed by atoms with Crippen molar-refractivity contribution in [3.05, 3.63) is 48.7 Å². The number of amides is 1. The Kier molecular flexibility index (Phi) is 5.02. The number of rotatable bonds is 3. The quantitative estimate of drug-likeness (QED) is 0.802. The van der Waals surface area contributed by atoms with Crippen LogP contribution >= 0.6 is 34.5 Å². The van der Waals surface area contributed by atoms with Crippen LogP contribution in [0, 0.1) is 5.82 Å². The molecule has 1 N–H and O–H groups in total. The molecular weight excluding hydrogens is 383 g/mol. The van der Waals surface area contributed by atoms with Crippen molar-refractivity contribution in [2.45, 2.75) is 12.7 Å². The molecule has 0 aliphatic heterocycles. The smallest absolute Gasteiger partial charge is 0.320 e. The number of thiophene rings is 1. The van der Waals surface area contributed by atoms with E-state index in [1.54, 1.807) is 0 Å². The molecule has 0 aliphatic carbocycles. The second-order valence-electron chi connectivity index (χ2n) is 4.31. The summed E-state index contributed by atoms with van der Waals surface area (Å²) in [5.74, 6) is -2.17. The van der Waals surface area contributed by atoms with E-state index in [9.17, 15) is 27.2 Å². The lowest BCUT2D eigenvalue weighted by Gasteiger charge is -2.11. The number of anilines is 1. The number of carbonyl (C=O) groups excluding carboxylic acids is 1. The summed E-state index contributed by atoms with van der Waals surface area (Å²) >= 11 is 12.2. The van der Waals surface area contributed by atoms with Gasteiger partial charge in [-0.2, -0.15) is 13.2 Å². The number of hydrogen-bond acceptors (Lipinski definition) is 3. The van der Waals surface area contributed by atoms with E-state index in [2.05, 4.69) is 5.32 Å². The van der Waals surface area contributed by atoms with Crippen LogP contribution in [0.3, 0.4) is 0 Å². The van der Waals surface area contributed by atoms with E-state index in [-0.39, 0.29) is 24.5 Å². The first-order valence-corrected chi connectivity index (χ1v) is 7.37. The van der Waals surface area contributed by atoms with Crippen LogP contribution in [0.15, 0.2) is 23.1 Å². The van der Waals surface area contributed by atoms with Gasteiger partial charge in [0.05, 0.1) is 15.6 Å². The predicted octanol–water partition coefficient (Wildman–Crippen LogP) is 4.17. The zero-order valence-corrected chi connectivity index (χ0v) is 13.2. The number of nitrogens with zero attached hydrogens (tertiary/aromatic N) is 1. The van der Waals surface area contributed by atoms with E-state index in [0.717, 1.165) is 11.3 Å². The summed E-state index contributed by atoms with van der Waals surface area (Å²) in [6.07, 6.45) is -4.01. The molecule has 0 aromatic carbocycles. The van der Waals surface area contributed by atoms with Gasteiger partial charge >= 0.3 is 6.18 Å². The van der Waals surface area contributed by atoms with Crippen molar-refractivity contribution >= 4 is 46.1 Å². The van der Waals surface area contributed by atoms with Gasteiger partial charge in [0, 0.05) is 12.3 Å². The summed E-state index contributed by atoms with van der Waals surface area (Å²) in [7, 11) is 0. The summed E-state index contributed by atoms with van der Waals surface area (Å²) in [5, 5.41) is 2.31. The monoisotopic (exact) mass is 388 g/mol. The van der Waals surface area contributed by atoms with Gasteiger partial charge in [-0.15, -0.1) is 11.3 Å². The van der Waals surface area contributed by atoms with Crippen LogP contribution < -0.4 is 10.9 Å². The molecular formula is C12H6Cl2F4N2O2S. The number of alkyl halides is 3. The summed E-state index contributed by atoms with van der Waals surface area (Å²) in [4.78, 5) is 23.3. The molecule has 0 atom stereocenters. The Morgan fingerprint density at radius 1 is 1.30 bits per heavy atom. The highest BCUT2D eigenvalue weighted by atomic mass is 35.5. The number of pyridine rings is 1. The molecule has 0 saturated carbocycles. The summed E-state index contributed by atoms with van der Waals surface area (Å²) in [5.41, 5.74) is -1.75. The van der Waals surface area contributed by atoms with Crippen molar-refractivity contribution < 1.29 is 22.4 Å². The van der Waals surface area contributed by atoms with Crippen molar-refractivity contribution in [2.24, 2.45) is 0 Å². The van der Waals surface area contributed by atoms with Crippen LogP contribution in [0.25, 0.3) is 0 Å². The first-order valence-electron chi connectivity index (χ1n) is 5.80. The zero-order chi connectivity index (χ0) is 17.4. The van der Waals surface area contributed by atoms with Gasteiger partial charge in [-0.05, 0) is 6.07 Å². The van der Waals surface area contributed by atoms with E-state index in [4.69, 9.17) is 23.2 Å². The van der Waals surface area contributed by atoms with Crippen LogP contribution in [0.2, 0.25) is 9.36 Å². The highest BCUT2D eigenvalue weighted by molar-refractivity contribution is 7.18. The van der Waals surface area contributed by atoms with Crippen molar-refractivity contribution in [1.29, 1.82) is 0 Å². The number of hydrogen-bond donors (Lipinski definition) is 1. The number of halogens is 6. The summed E-state index contributed by atoms with van der Waals surface area (Å²) in [6.45, 7) is -1.68. The van der Waals surface area contributed by atoms with E-state index in [1.165, 1.54) is 6.07 Å². The molecule has 0 fully saturated rings. The summed E-state index contributed by atoms with van der Waals surface area (Å²) < 4.78 is 50.8. The van der Waals surface area contributed by atoms with E-state index in [1.807, 2.05) is 0 Å². The molecule has 2 heterocycles. The van der Waals surface area contributed by atoms with E-state index in [0.29, 0.717) is 12.3 Å². The molecule has 0 saturated heterocycles. The number of aromatic nitrogens is 1. The number of carbonyl (C=O) groups is 1. The lowest BCUT2D eigenvalue weighted by atomic mass is 10.3. The van der Waals surface area contributed by atoms with Crippen LogP contribution in [-0.4, -0.2) is 16.7 Å². The Morgan fingerprint density at radius 2 is 1.96 bits per heavy atom. The largest absolute Gasteiger partial charge is 0.406 e. The Hall–Kier alpha value is -1.58. The lowest BCUT2D eigenvalue weighted by molar-refractivity contribution is -0.141. The second kappa shape index (κ2) is 6.50. The fourth-order valence-corrected chi connectivity index (χ4v) is 2.89. The van der Waals surface area contributed by atoms with E-state index < -0.39 is 30.0 Å². The van der Waals surface area contributed by atoms with Gasteiger partial charge in [-0.25, -0.2) is 4.39 Å². The molecule has 23 heavy (non-hydrogen) atoms. The Bertz CT molecular complexity index is 797. The van der Waals surface area contributed by atoms with Crippen LogP contribution in [0.4, 0.5) is 23.2 Å². The van der Waals surface area contributed by atoms with Crippen LogP contribution in [0.5, 0.6) is 0 Å². The molecule has 2 rings (SSSR count). The third kappa shape index (κ3) is 4.46. The Labute approximate surface area is 140 Å². The average molecular weight is 389 g/mol. The maximum atomic E-state index is 13.4. The van der Waals surface area contributed by atoms with Crippen molar-refractivity contribution in [3.8, 4) is 0 Å². The molecule has 11 heteroatoms. The molecule has 0 bridgehead atoms. The fraction of sp³-hybridized carbons (Fsp3) is 0.167. The molecule has 2 aromatic rings. The number of nitrogens with one attached hydrogen (secondary N) is 1. The zero-order valence-electron chi connectivity index (χ0n) is 10.9. The minimum Gasteiger partial charge on any atom is -0.320 e. The van der Waals surface area contributed by atoms with Gasteiger partial charge in [0.15, 0.2) is 5.82 Å². The first kappa shape index (κ1) is 17.8. The molecule has 0 unspecified atom stereocenters. The third-order valence-electron chi connectivity index (χ3n) is 2.52. The van der Waals surface area contributed by atoms with Gasteiger partial charge in [-0.3, -0.25) is 9.59 Å². The maximum absolute atomic E-state index is 13.4. The Morgan fingerprint density at radius 3 is 2.48 bits per heavy atom. The van der Waals surface area contributed by atoms with E-state index >= 15 is 0 Å². The predicted molar refractivity (Wildman–Crippen MR) is 79.0 cm³/mol. The molecule has 0 radical (unpaired) electrons. The molecule has 124 valence electrons. The highest BCUT2D eigenvalue weighted by Gasteiger charge is 2.29. The minimum atomic E-state index is -4.71. The minimum absolute atomic E-state index is 0.0778.